The first kappa shape index (κ1) is 16.0. The van der Waals surface area contributed by atoms with E-state index in [4.69, 9.17) is 10.5 Å². The van der Waals surface area contributed by atoms with Crippen LogP contribution in [-0.2, 0) is 0 Å². The van der Waals surface area contributed by atoms with Crippen molar-refractivity contribution in [2.24, 2.45) is 0 Å². The van der Waals surface area contributed by atoms with Gasteiger partial charge in [0, 0.05) is 17.1 Å². The second-order valence-corrected chi connectivity index (χ2v) is 6.11. The van der Waals surface area contributed by atoms with Gasteiger partial charge in [0.2, 0.25) is 0 Å². The van der Waals surface area contributed by atoms with E-state index in [1.165, 1.54) is 0 Å². The first-order chi connectivity index (χ1) is 12.7. The fourth-order valence-corrected chi connectivity index (χ4v) is 3.12. The number of nitrogens with zero attached hydrogens (tertiary/aromatic N) is 3. The van der Waals surface area contributed by atoms with Crippen LogP contribution >= 0.6 is 0 Å². The number of anilines is 1. The summed E-state index contributed by atoms with van der Waals surface area (Å²) in [6.45, 7) is 2.02. The highest BCUT2D eigenvalue weighted by Gasteiger charge is 2.10. The number of benzene rings is 2. The van der Waals surface area contributed by atoms with Crippen molar-refractivity contribution in [1.82, 2.24) is 15.0 Å². The molecule has 0 unspecified atom stereocenters. The van der Waals surface area contributed by atoms with Gasteiger partial charge in [0.25, 0.3) is 0 Å². The lowest BCUT2D eigenvalue weighted by atomic mass is 10.00. The van der Waals surface area contributed by atoms with E-state index in [1.807, 2.05) is 43.3 Å². The summed E-state index contributed by atoms with van der Waals surface area (Å²) in [5.74, 6) is 1.36. The van der Waals surface area contributed by atoms with Crippen molar-refractivity contribution >= 4 is 16.7 Å². The zero-order valence-electron chi connectivity index (χ0n) is 14.6. The first-order valence-electron chi connectivity index (χ1n) is 8.27. The molecule has 0 saturated carbocycles. The second-order valence-electron chi connectivity index (χ2n) is 6.11. The summed E-state index contributed by atoms with van der Waals surface area (Å²) >= 11 is 0. The number of aromatic nitrogens is 3. The van der Waals surface area contributed by atoms with Gasteiger partial charge in [-0.3, -0.25) is 0 Å². The van der Waals surface area contributed by atoms with Crippen LogP contribution in [0.3, 0.4) is 0 Å². The molecule has 2 N–H and O–H groups in total. The van der Waals surface area contributed by atoms with Gasteiger partial charge in [-0.1, -0.05) is 6.07 Å². The molecular formula is C21H18N4O. The number of nitrogen functional groups attached to an aromatic ring is 1. The van der Waals surface area contributed by atoms with Gasteiger partial charge in [-0.15, -0.1) is 0 Å². The van der Waals surface area contributed by atoms with Crippen molar-refractivity contribution in [2.45, 2.75) is 6.92 Å². The van der Waals surface area contributed by atoms with Crippen molar-refractivity contribution in [3.05, 3.63) is 66.6 Å². The van der Waals surface area contributed by atoms with Crippen LogP contribution in [0.15, 0.2) is 61.1 Å². The molecule has 0 amide bonds. The maximum atomic E-state index is 5.83. The minimum Gasteiger partial charge on any atom is -0.496 e. The molecule has 0 fully saturated rings. The van der Waals surface area contributed by atoms with E-state index >= 15 is 0 Å². The van der Waals surface area contributed by atoms with Gasteiger partial charge in [-0.2, -0.15) is 0 Å². The highest BCUT2D eigenvalue weighted by atomic mass is 16.5. The Balaban J connectivity index is 1.90. The smallest absolute Gasteiger partial charge is 0.123 e. The van der Waals surface area contributed by atoms with Crippen molar-refractivity contribution in [2.75, 3.05) is 12.8 Å². The van der Waals surface area contributed by atoms with Crippen LogP contribution in [0.25, 0.3) is 33.3 Å². The molecule has 0 saturated heterocycles. The topological polar surface area (TPSA) is 73.9 Å². The van der Waals surface area contributed by atoms with Gasteiger partial charge >= 0.3 is 0 Å². The van der Waals surface area contributed by atoms with Crippen LogP contribution in [0.5, 0.6) is 5.75 Å². The molecule has 0 aliphatic carbocycles. The van der Waals surface area contributed by atoms with Crippen molar-refractivity contribution < 1.29 is 4.74 Å². The zero-order chi connectivity index (χ0) is 18.1. The number of hydrogen-bond donors (Lipinski definition) is 1. The third kappa shape index (κ3) is 2.84. The first-order valence-corrected chi connectivity index (χ1v) is 8.27. The summed E-state index contributed by atoms with van der Waals surface area (Å²) in [5.41, 5.74) is 11.8. The third-order valence-electron chi connectivity index (χ3n) is 4.42. The molecule has 4 aromatic rings. The minimum absolute atomic E-state index is 0.498. The third-order valence-corrected chi connectivity index (χ3v) is 4.42. The Labute approximate surface area is 151 Å². The Morgan fingerprint density at radius 3 is 2.42 bits per heavy atom. The van der Waals surface area contributed by atoms with Crippen LogP contribution in [0.2, 0.25) is 0 Å². The summed E-state index contributed by atoms with van der Waals surface area (Å²) in [6, 6.07) is 16.0. The summed E-state index contributed by atoms with van der Waals surface area (Å²) in [6.07, 6.45) is 3.31. The molecule has 0 spiro atoms. The zero-order valence-corrected chi connectivity index (χ0v) is 14.6. The molecule has 0 radical (unpaired) electrons. The highest BCUT2D eigenvalue weighted by molar-refractivity contribution is 5.95. The van der Waals surface area contributed by atoms with Crippen molar-refractivity contribution in [3.63, 3.8) is 0 Å². The average Bonchev–Trinajstić information content (AvgIpc) is 2.67. The lowest BCUT2D eigenvalue weighted by molar-refractivity contribution is 0.412. The maximum Gasteiger partial charge on any atom is 0.123 e. The van der Waals surface area contributed by atoms with Crippen molar-refractivity contribution in [1.29, 1.82) is 0 Å². The minimum atomic E-state index is 0.498. The monoisotopic (exact) mass is 342 g/mol. The van der Waals surface area contributed by atoms with Gasteiger partial charge in [-0.05, 0) is 66.1 Å². The average molecular weight is 342 g/mol. The summed E-state index contributed by atoms with van der Waals surface area (Å²) in [5, 5.41) is 0.991. The van der Waals surface area contributed by atoms with Crippen molar-refractivity contribution in [3.8, 4) is 28.1 Å². The van der Waals surface area contributed by atoms with Crippen LogP contribution in [0.4, 0.5) is 5.82 Å². The molecule has 0 atom stereocenters. The van der Waals surface area contributed by atoms with E-state index in [0.717, 1.165) is 44.6 Å². The number of aryl methyl sites for hydroxylation is 1. The number of methoxy groups -OCH3 is 1. The number of pyridine rings is 1. The van der Waals surface area contributed by atoms with E-state index in [-0.39, 0.29) is 0 Å². The Morgan fingerprint density at radius 1 is 0.846 bits per heavy atom. The fourth-order valence-electron chi connectivity index (χ4n) is 3.12. The lowest BCUT2D eigenvalue weighted by Crippen LogP contribution is -1.93. The van der Waals surface area contributed by atoms with Crippen LogP contribution in [0, 0.1) is 6.92 Å². The highest BCUT2D eigenvalue weighted by Crippen LogP contribution is 2.32. The fraction of sp³-hybridized carbons (Fsp3) is 0.0952. The van der Waals surface area contributed by atoms with E-state index < -0.39 is 0 Å². The van der Waals surface area contributed by atoms with Gasteiger partial charge in [0.1, 0.15) is 17.9 Å². The predicted molar refractivity (Wildman–Crippen MR) is 104 cm³/mol. The van der Waals surface area contributed by atoms with Gasteiger partial charge in [0.15, 0.2) is 0 Å². The molecule has 4 rings (SSSR count). The number of rotatable bonds is 3. The Morgan fingerprint density at radius 2 is 1.65 bits per heavy atom. The summed E-state index contributed by atoms with van der Waals surface area (Å²) < 4.78 is 5.36. The Kier molecular flexibility index (Phi) is 3.97. The molecule has 2 aromatic heterocycles. The number of ether oxygens (including phenoxy) is 1. The Bertz CT molecular complexity index is 1110. The van der Waals surface area contributed by atoms with E-state index in [1.54, 1.807) is 19.6 Å². The molecule has 26 heavy (non-hydrogen) atoms. The van der Waals surface area contributed by atoms with Gasteiger partial charge in [-0.25, -0.2) is 15.0 Å². The predicted octanol–water partition coefficient (Wildman–Crippen LogP) is 4.26. The largest absolute Gasteiger partial charge is 0.496 e. The van der Waals surface area contributed by atoms with Crippen LogP contribution in [0.1, 0.15) is 5.56 Å². The van der Waals surface area contributed by atoms with E-state index in [9.17, 15) is 0 Å². The van der Waals surface area contributed by atoms with Crippen LogP contribution in [-0.4, -0.2) is 22.1 Å². The molecule has 2 aromatic carbocycles. The SMILES string of the molecule is COc1ccc(-c2ncnc3ccc(-c4ccnc(N)c4)cc23)cc1C. The van der Waals surface area contributed by atoms with Gasteiger partial charge in [0.05, 0.1) is 18.3 Å². The molecule has 5 heteroatoms. The quantitative estimate of drug-likeness (QED) is 0.602. The summed E-state index contributed by atoms with van der Waals surface area (Å²) in [7, 11) is 1.68. The maximum absolute atomic E-state index is 5.83. The van der Waals surface area contributed by atoms with Crippen LogP contribution < -0.4 is 10.5 Å². The molecular weight excluding hydrogens is 324 g/mol. The molecule has 0 aliphatic rings. The normalized spacial score (nSPS) is 10.8. The number of fused-ring (bicyclic) bond motifs is 1. The van der Waals surface area contributed by atoms with E-state index in [0.29, 0.717) is 5.82 Å². The van der Waals surface area contributed by atoms with E-state index in [2.05, 4.69) is 27.1 Å². The van der Waals surface area contributed by atoms with Gasteiger partial charge < -0.3 is 10.5 Å². The standard InChI is InChI=1S/C21H18N4O/c1-13-9-16(4-6-19(13)26-2)21-17-10-14(3-5-18(17)24-12-25-21)15-7-8-23-20(22)11-15/h3-12H,1-2H3,(H2,22,23). The number of hydrogen-bond acceptors (Lipinski definition) is 5. The lowest BCUT2D eigenvalue weighted by Gasteiger charge is -2.10. The molecule has 0 aliphatic heterocycles. The number of nitrogens with two attached hydrogens (primary N) is 1. The Hall–Kier alpha value is -3.47. The molecule has 5 nitrogen and oxygen atoms in total. The summed E-state index contributed by atoms with van der Waals surface area (Å²) in [4.78, 5) is 13.0. The molecule has 0 bridgehead atoms. The second kappa shape index (κ2) is 6.44. The molecule has 2 heterocycles. The molecule has 128 valence electrons.